The Labute approximate surface area is 184 Å². The van der Waals surface area contributed by atoms with Gasteiger partial charge in [0, 0.05) is 24.7 Å². The molecular weight excluding hydrogens is 412 g/mol. The number of sulfonamides is 1. The van der Waals surface area contributed by atoms with Crippen LogP contribution in [-0.4, -0.2) is 45.5 Å². The number of para-hydroxylation sites is 2. The number of benzene rings is 2. The van der Waals surface area contributed by atoms with Crippen molar-refractivity contribution in [2.24, 2.45) is 5.92 Å². The number of amides is 1. The molecule has 0 aromatic heterocycles. The summed E-state index contributed by atoms with van der Waals surface area (Å²) in [7, 11) is -0.860. The second kappa shape index (κ2) is 8.19. The van der Waals surface area contributed by atoms with Gasteiger partial charge in [0.05, 0.1) is 17.7 Å². The van der Waals surface area contributed by atoms with Gasteiger partial charge in [0.25, 0.3) is 15.9 Å². The molecule has 166 valence electrons. The van der Waals surface area contributed by atoms with E-state index < -0.39 is 10.0 Å². The summed E-state index contributed by atoms with van der Waals surface area (Å²) in [6.45, 7) is 3.99. The van der Waals surface area contributed by atoms with Crippen LogP contribution in [-0.2, 0) is 10.0 Å². The van der Waals surface area contributed by atoms with E-state index in [1.54, 1.807) is 36.4 Å². The van der Waals surface area contributed by atoms with E-state index in [1.165, 1.54) is 24.5 Å². The van der Waals surface area contributed by atoms with Crippen molar-refractivity contribution in [3.63, 3.8) is 0 Å². The third-order valence-corrected chi connectivity index (χ3v) is 8.21. The van der Waals surface area contributed by atoms with Crippen LogP contribution in [0.2, 0.25) is 0 Å². The lowest BCUT2D eigenvalue weighted by molar-refractivity contribution is 0.0653. The molecule has 0 radical (unpaired) electrons. The second-order valence-corrected chi connectivity index (χ2v) is 10.6. The minimum Gasteiger partial charge on any atom is -0.495 e. The van der Waals surface area contributed by atoms with Crippen LogP contribution >= 0.6 is 0 Å². The Hall–Kier alpha value is -2.54. The first-order valence-electron chi connectivity index (χ1n) is 10.8. The van der Waals surface area contributed by atoms with Gasteiger partial charge < -0.3 is 9.64 Å². The fraction of sp³-hybridized carbons (Fsp3) is 0.458. The number of methoxy groups -OCH3 is 1. The number of ether oxygens (including phenoxy) is 1. The summed E-state index contributed by atoms with van der Waals surface area (Å²) in [5.74, 6) is 0.972. The van der Waals surface area contributed by atoms with E-state index in [4.69, 9.17) is 4.74 Å². The topological polar surface area (TPSA) is 66.9 Å². The number of hydrogen-bond donors (Lipinski definition) is 0. The van der Waals surface area contributed by atoms with Crippen LogP contribution < -0.4 is 9.04 Å². The highest BCUT2D eigenvalue weighted by atomic mass is 32.2. The van der Waals surface area contributed by atoms with E-state index in [9.17, 15) is 13.2 Å². The van der Waals surface area contributed by atoms with Gasteiger partial charge in [-0.05, 0) is 75.3 Å². The SMILES string of the molecule is COc1ccccc1N(C)S(=O)(=O)c1ccc(C)c(C(=O)N(C2CC2)C(C)C2CC2)c1. The van der Waals surface area contributed by atoms with E-state index in [0.29, 0.717) is 22.9 Å². The minimum absolute atomic E-state index is 0.0589. The minimum atomic E-state index is -3.87. The molecule has 2 saturated carbocycles. The summed E-state index contributed by atoms with van der Waals surface area (Å²) >= 11 is 0. The Balaban J connectivity index is 1.69. The van der Waals surface area contributed by atoms with Gasteiger partial charge in [-0.15, -0.1) is 0 Å². The summed E-state index contributed by atoms with van der Waals surface area (Å²) in [5, 5.41) is 0. The Kier molecular flexibility index (Phi) is 5.73. The molecule has 2 aliphatic carbocycles. The number of anilines is 1. The summed E-state index contributed by atoms with van der Waals surface area (Å²) in [6.07, 6.45) is 4.37. The third-order valence-electron chi connectivity index (χ3n) is 6.44. The van der Waals surface area contributed by atoms with Gasteiger partial charge in [0.1, 0.15) is 5.75 Å². The highest BCUT2D eigenvalue weighted by Crippen LogP contribution is 2.41. The number of nitrogens with zero attached hydrogens (tertiary/aromatic N) is 2. The summed E-state index contributed by atoms with van der Waals surface area (Å²) in [4.78, 5) is 15.6. The van der Waals surface area contributed by atoms with Crippen molar-refractivity contribution in [1.29, 1.82) is 0 Å². The van der Waals surface area contributed by atoms with E-state index >= 15 is 0 Å². The zero-order chi connectivity index (χ0) is 22.3. The maximum absolute atomic E-state index is 13.5. The Bertz CT molecular complexity index is 1090. The van der Waals surface area contributed by atoms with Crippen LogP contribution in [0, 0.1) is 12.8 Å². The Morgan fingerprint density at radius 3 is 2.39 bits per heavy atom. The van der Waals surface area contributed by atoms with Gasteiger partial charge in [-0.25, -0.2) is 8.42 Å². The Morgan fingerprint density at radius 2 is 1.77 bits per heavy atom. The van der Waals surface area contributed by atoms with Crippen LogP contribution in [0.25, 0.3) is 0 Å². The predicted molar refractivity (Wildman–Crippen MR) is 121 cm³/mol. The first-order valence-corrected chi connectivity index (χ1v) is 12.2. The van der Waals surface area contributed by atoms with Crippen molar-refractivity contribution in [2.45, 2.75) is 56.5 Å². The van der Waals surface area contributed by atoms with Crippen LogP contribution in [0.4, 0.5) is 5.69 Å². The molecule has 1 atom stereocenters. The van der Waals surface area contributed by atoms with E-state index in [1.807, 2.05) is 11.8 Å². The molecule has 0 saturated heterocycles. The molecule has 2 aromatic rings. The number of carbonyl (C=O) groups is 1. The zero-order valence-corrected chi connectivity index (χ0v) is 19.4. The van der Waals surface area contributed by atoms with Crippen LogP contribution in [0.3, 0.4) is 0 Å². The van der Waals surface area contributed by atoms with Crippen LogP contribution in [0.1, 0.15) is 48.5 Å². The number of aryl methyl sites for hydroxylation is 1. The molecule has 2 fully saturated rings. The molecule has 7 heteroatoms. The zero-order valence-electron chi connectivity index (χ0n) is 18.5. The molecule has 0 aliphatic heterocycles. The van der Waals surface area contributed by atoms with Gasteiger partial charge in [-0.2, -0.15) is 0 Å². The molecule has 0 bridgehead atoms. The smallest absolute Gasteiger partial charge is 0.264 e. The molecule has 4 rings (SSSR count). The van der Waals surface area contributed by atoms with Crippen molar-refractivity contribution < 1.29 is 17.9 Å². The Morgan fingerprint density at radius 1 is 1.10 bits per heavy atom. The molecule has 0 N–H and O–H groups in total. The highest BCUT2D eigenvalue weighted by Gasteiger charge is 2.42. The molecule has 1 unspecified atom stereocenters. The van der Waals surface area contributed by atoms with Crippen molar-refractivity contribution in [1.82, 2.24) is 4.90 Å². The van der Waals surface area contributed by atoms with E-state index in [0.717, 1.165) is 31.2 Å². The van der Waals surface area contributed by atoms with Crippen LogP contribution in [0.5, 0.6) is 5.75 Å². The largest absolute Gasteiger partial charge is 0.495 e. The summed E-state index contributed by atoms with van der Waals surface area (Å²) in [6, 6.07) is 12.3. The van der Waals surface area contributed by atoms with Crippen molar-refractivity contribution in [3.8, 4) is 5.75 Å². The van der Waals surface area contributed by atoms with Gasteiger partial charge in [0.2, 0.25) is 0 Å². The van der Waals surface area contributed by atoms with Gasteiger partial charge >= 0.3 is 0 Å². The first-order chi connectivity index (χ1) is 14.8. The number of hydrogen-bond acceptors (Lipinski definition) is 4. The monoisotopic (exact) mass is 442 g/mol. The molecule has 2 aromatic carbocycles. The average Bonchev–Trinajstić information content (AvgIpc) is 3.66. The predicted octanol–water partition coefficient (Wildman–Crippen LogP) is 4.23. The number of carbonyl (C=O) groups excluding carboxylic acids is 1. The molecule has 2 aliphatic rings. The average molecular weight is 443 g/mol. The van der Waals surface area contributed by atoms with E-state index in [-0.39, 0.29) is 22.9 Å². The lowest BCUT2D eigenvalue weighted by atomic mass is 10.1. The molecule has 6 nitrogen and oxygen atoms in total. The summed E-state index contributed by atoms with van der Waals surface area (Å²) in [5.41, 5.74) is 1.70. The normalized spacial score (nSPS) is 17.2. The second-order valence-electron chi connectivity index (χ2n) is 8.64. The molecule has 0 heterocycles. The van der Waals surface area contributed by atoms with Gasteiger partial charge in [-0.3, -0.25) is 9.10 Å². The maximum Gasteiger partial charge on any atom is 0.264 e. The fourth-order valence-corrected chi connectivity index (χ4v) is 5.38. The van der Waals surface area contributed by atoms with Gasteiger partial charge in [0.15, 0.2) is 0 Å². The third kappa shape index (κ3) is 4.15. The van der Waals surface area contributed by atoms with Crippen molar-refractivity contribution >= 4 is 21.6 Å². The standard InChI is InChI=1S/C24H30N2O4S/c1-16-9-14-20(31(28,29)25(3)22-7-5-6-8-23(22)30-4)15-21(16)24(27)26(19-12-13-19)17(2)18-10-11-18/h5-9,14-15,17-19H,10-13H2,1-4H3. The first kappa shape index (κ1) is 21.7. The lowest BCUT2D eigenvalue weighted by Crippen LogP contribution is -2.42. The quantitative estimate of drug-likeness (QED) is 0.614. The highest BCUT2D eigenvalue weighted by molar-refractivity contribution is 7.92. The lowest BCUT2D eigenvalue weighted by Gasteiger charge is -2.30. The fourth-order valence-electron chi connectivity index (χ4n) is 4.15. The van der Waals surface area contributed by atoms with Gasteiger partial charge in [-0.1, -0.05) is 18.2 Å². The van der Waals surface area contributed by atoms with E-state index in [2.05, 4.69) is 6.92 Å². The molecule has 1 amide bonds. The number of rotatable bonds is 8. The van der Waals surface area contributed by atoms with Crippen molar-refractivity contribution in [2.75, 3.05) is 18.5 Å². The van der Waals surface area contributed by atoms with Crippen molar-refractivity contribution in [3.05, 3.63) is 53.6 Å². The maximum atomic E-state index is 13.5. The summed E-state index contributed by atoms with van der Waals surface area (Å²) < 4.78 is 33.3. The molecular formula is C24H30N2O4S. The molecule has 31 heavy (non-hydrogen) atoms. The molecule has 0 spiro atoms. The van der Waals surface area contributed by atoms with Crippen LogP contribution in [0.15, 0.2) is 47.4 Å².